The van der Waals surface area contributed by atoms with Crippen LogP contribution >= 0.6 is 0 Å². The standard InChI is InChI=1S/C13H23NO3/c1-10-7-16-9-13(5-6-13)8-14(10)11(15)17-12(2,3)4/h10H,5-9H2,1-4H3/t10-/m0/s1. The number of hydrogen-bond donors (Lipinski definition) is 0. The lowest BCUT2D eigenvalue weighted by Gasteiger charge is -2.31. The fourth-order valence-corrected chi connectivity index (χ4v) is 2.14. The van der Waals surface area contributed by atoms with Crippen LogP contribution < -0.4 is 0 Å². The van der Waals surface area contributed by atoms with Crippen LogP contribution in [0.5, 0.6) is 0 Å². The summed E-state index contributed by atoms with van der Waals surface area (Å²) in [7, 11) is 0. The fraction of sp³-hybridized carbons (Fsp3) is 0.923. The minimum Gasteiger partial charge on any atom is -0.444 e. The van der Waals surface area contributed by atoms with Crippen molar-refractivity contribution in [1.29, 1.82) is 0 Å². The maximum Gasteiger partial charge on any atom is 0.410 e. The number of amides is 1. The first-order valence-corrected chi connectivity index (χ1v) is 6.39. The molecular weight excluding hydrogens is 218 g/mol. The second-order valence-electron chi connectivity index (χ2n) is 6.47. The number of nitrogens with zero attached hydrogens (tertiary/aromatic N) is 1. The minimum absolute atomic E-state index is 0.102. The Balaban J connectivity index is 2.03. The van der Waals surface area contributed by atoms with Gasteiger partial charge in [0.15, 0.2) is 0 Å². The summed E-state index contributed by atoms with van der Waals surface area (Å²) in [6, 6.07) is 0.102. The molecule has 4 nitrogen and oxygen atoms in total. The van der Waals surface area contributed by atoms with Crippen molar-refractivity contribution in [2.24, 2.45) is 5.41 Å². The van der Waals surface area contributed by atoms with Crippen molar-refractivity contribution in [3.63, 3.8) is 0 Å². The summed E-state index contributed by atoms with van der Waals surface area (Å²) in [6.07, 6.45) is 2.12. The summed E-state index contributed by atoms with van der Waals surface area (Å²) < 4.78 is 11.1. The number of carbonyl (C=O) groups excluding carboxylic acids is 1. The van der Waals surface area contributed by atoms with Crippen LogP contribution in [-0.4, -0.2) is 42.4 Å². The van der Waals surface area contributed by atoms with Crippen LogP contribution in [0.2, 0.25) is 0 Å². The van der Waals surface area contributed by atoms with E-state index in [1.807, 2.05) is 32.6 Å². The Morgan fingerprint density at radius 1 is 1.41 bits per heavy atom. The molecule has 1 amide bonds. The van der Waals surface area contributed by atoms with E-state index in [1.54, 1.807) is 0 Å². The van der Waals surface area contributed by atoms with Crippen molar-refractivity contribution in [1.82, 2.24) is 4.90 Å². The lowest BCUT2D eigenvalue weighted by Crippen LogP contribution is -2.45. The second kappa shape index (κ2) is 4.16. The summed E-state index contributed by atoms with van der Waals surface area (Å²) in [5, 5.41) is 0. The molecule has 98 valence electrons. The molecule has 2 rings (SSSR count). The molecular formula is C13H23NO3. The van der Waals surface area contributed by atoms with Gasteiger partial charge in [0.1, 0.15) is 5.60 Å². The normalized spacial score (nSPS) is 27.8. The summed E-state index contributed by atoms with van der Waals surface area (Å²) in [4.78, 5) is 14.0. The molecule has 0 aromatic carbocycles. The van der Waals surface area contributed by atoms with Gasteiger partial charge in [0.2, 0.25) is 0 Å². The third-order valence-electron chi connectivity index (χ3n) is 3.39. The lowest BCUT2D eigenvalue weighted by atomic mass is 10.1. The van der Waals surface area contributed by atoms with Gasteiger partial charge in [-0.3, -0.25) is 0 Å². The zero-order valence-corrected chi connectivity index (χ0v) is 11.3. The van der Waals surface area contributed by atoms with Crippen LogP contribution in [0, 0.1) is 5.41 Å². The third kappa shape index (κ3) is 3.12. The topological polar surface area (TPSA) is 38.8 Å². The molecule has 4 heteroatoms. The summed E-state index contributed by atoms with van der Waals surface area (Å²) >= 11 is 0. The van der Waals surface area contributed by atoms with Crippen LogP contribution in [0.25, 0.3) is 0 Å². The average Bonchev–Trinajstić information content (AvgIpc) is 2.93. The van der Waals surface area contributed by atoms with Gasteiger partial charge in [-0.2, -0.15) is 0 Å². The van der Waals surface area contributed by atoms with Crippen molar-refractivity contribution in [3.8, 4) is 0 Å². The molecule has 0 unspecified atom stereocenters. The fourth-order valence-electron chi connectivity index (χ4n) is 2.14. The van der Waals surface area contributed by atoms with Gasteiger partial charge in [-0.15, -0.1) is 0 Å². The number of rotatable bonds is 0. The summed E-state index contributed by atoms with van der Waals surface area (Å²) in [6.45, 7) is 9.90. The van der Waals surface area contributed by atoms with Gasteiger partial charge in [-0.1, -0.05) is 0 Å². The van der Waals surface area contributed by atoms with Crippen LogP contribution in [0.4, 0.5) is 4.79 Å². The van der Waals surface area contributed by atoms with Crippen molar-refractivity contribution in [3.05, 3.63) is 0 Å². The first-order valence-electron chi connectivity index (χ1n) is 6.39. The van der Waals surface area contributed by atoms with E-state index in [0.29, 0.717) is 6.61 Å². The molecule has 17 heavy (non-hydrogen) atoms. The van der Waals surface area contributed by atoms with Crippen LogP contribution in [0.1, 0.15) is 40.5 Å². The molecule has 0 aromatic rings. The number of carbonyl (C=O) groups is 1. The zero-order valence-electron chi connectivity index (χ0n) is 11.3. The van der Waals surface area contributed by atoms with Crippen molar-refractivity contribution >= 4 is 6.09 Å². The Morgan fingerprint density at radius 3 is 2.59 bits per heavy atom. The van der Waals surface area contributed by atoms with E-state index in [0.717, 1.165) is 13.2 Å². The molecule has 0 radical (unpaired) electrons. The van der Waals surface area contributed by atoms with Gasteiger partial charge >= 0.3 is 6.09 Å². The van der Waals surface area contributed by atoms with Gasteiger partial charge in [-0.25, -0.2) is 4.79 Å². The maximum absolute atomic E-state index is 12.1. The van der Waals surface area contributed by atoms with E-state index in [4.69, 9.17) is 9.47 Å². The van der Waals surface area contributed by atoms with Gasteiger partial charge in [-0.05, 0) is 40.5 Å². The molecule has 1 aliphatic heterocycles. The van der Waals surface area contributed by atoms with Crippen LogP contribution in [0.15, 0.2) is 0 Å². The highest BCUT2D eigenvalue weighted by Gasteiger charge is 2.48. The van der Waals surface area contributed by atoms with E-state index in [9.17, 15) is 4.79 Å². The molecule has 1 heterocycles. The maximum atomic E-state index is 12.1. The highest BCUT2D eigenvalue weighted by Crippen LogP contribution is 2.47. The Bertz CT molecular complexity index is 304. The molecule has 1 atom stereocenters. The van der Waals surface area contributed by atoms with E-state index >= 15 is 0 Å². The van der Waals surface area contributed by atoms with Gasteiger partial charge in [0.05, 0.1) is 19.3 Å². The smallest absolute Gasteiger partial charge is 0.410 e. The third-order valence-corrected chi connectivity index (χ3v) is 3.39. The predicted octanol–water partition coefficient (Wildman–Crippen LogP) is 2.42. The quantitative estimate of drug-likeness (QED) is 0.654. The lowest BCUT2D eigenvalue weighted by molar-refractivity contribution is 0.0136. The SMILES string of the molecule is C[C@H]1COCC2(CC2)CN1C(=O)OC(C)(C)C. The monoisotopic (exact) mass is 241 g/mol. The van der Waals surface area contributed by atoms with Crippen LogP contribution in [-0.2, 0) is 9.47 Å². The van der Waals surface area contributed by atoms with E-state index in [-0.39, 0.29) is 17.6 Å². The molecule has 1 saturated carbocycles. The average molecular weight is 241 g/mol. The Labute approximate surface area is 103 Å². The number of hydrogen-bond acceptors (Lipinski definition) is 3. The predicted molar refractivity (Wildman–Crippen MR) is 64.9 cm³/mol. The van der Waals surface area contributed by atoms with E-state index in [2.05, 4.69) is 0 Å². The van der Waals surface area contributed by atoms with E-state index < -0.39 is 5.60 Å². The molecule has 1 aliphatic carbocycles. The molecule has 1 spiro atoms. The second-order valence-corrected chi connectivity index (χ2v) is 6.47. The number of ether oxygens (including phenoxy) is 2. The largest absolute Gasteiger partial charge is 0.444 e. The van der Waals surface area contributed by atoms with Crippen molar-refractivity contribution < 1.29 is 14.3 Å². The van der Waals surface area contributed by atoms with Crippen molar-refractivity contribution in [2.45, 2.75) is 52.2 Å². The van der Waals surface area contributed by atoms with Crippen molar-refractivity contribution in [2.75, 3.05) is 19.8 Å². The Morgan fingerprint density at radius 2 is 2.06 bits per heavy atom. The highest BCUT2D eigenvalue weighted by atomic mass is 16.6. The molecule has 0 bridgehead atoms. The molecule has 2 aliphatic rings. The molecule has 0 aromatic heterocycles. The van der Waals surface area contributed by atoms with Gasteiger partial charge in [0.25, 0.3) is 0 Å². The Hall–Kier alpha value is -0.770. The molecule has 0 N–H and O–H groups in total. The summed E-state index contributed by atoms with van der Waals surface area (Å²) in [5.41, 5.74) is -0.206. The first kappa shape index (κ1) is 12.7. The van der Waals surface area contributed by atoms with E-state index in [1.165, 1.54) is 12.8 Å². The first-order chi connectivity index (χ1) is 7.81. The molecule has 2 fully saturated rings. The van der Waals surface area contributed by atoms with Crippen LogP contribution in [0.3, 0.4) is 0 Å². The Kier molecular flexibility index (Phi) is 3.10. The van der Waals surface area contributed by atoms with Gasteiger partial charge < -0.3 is 14.4 Å². The summed E-state index contributed by atoms with van der Waals surface area (Å²) in [5.74, 6) is 0. The minimum atomic E-state index is -0.430. The highest BCUT2D eigenvalue weighted by molar-refractivity contribution is 5.68. The van der Waals surface area contributed by atoms with Gasteiger partial charge in [0, 0.05) is 12.0 Å². The zero-order chi connectivity index (χ0) is 12.7. The molecule has 1 saturated heterocycles.